The van der Waals surface area contributed by atoms with E-state index in [-0.39, 0.29) is 11.8 Å². The number of pyridine rings is 1. The Kier molecular flexibility index (Phi) is 14.8. The van der Waals surface area contributed by atoms with Crippen LogP contribution in [0.25, 0.3) is 12.2 Å². The molecule has 52 heavy (non-hydrogen) atoms. The molecule has 0 atom stereocenters. The molecule has 5 N–H and O–H groups in total. The first-order chi connectivity index (χ1) is 25.0. The monoisotopic (exact) mass is 707 g/mol. The predicted molar refractivity (Wildman–Crippen MR) is 211 cm³/mol. The molecule has 0 saturated carbocycles. The van der Waals surface area contributed by atoms with Gasteiger partial charge in [-0.3, -0.25) is 24.8 Å². The molecule has 12 heteroatoms. The van der Waals surface area contributed by atoms with E-state index in [2.05, 4.69) is 33.2 Å². The number of unbranched alkanes of at least 4 members (excludes halogenated alkanes) is 6. The number of hydrogen-bond donors (Lipinski definition) is 5. The Morgan fingerprint density at radius 2 is 1.37 bits per heavy atom. The van der Waals surface area contributed by atoms with Gasteiger partial charge >= 0.3 is 0 Å². The van der Waals surface area contributed by atoms with Crippen molar-refractivity contribution in [3.63, 3.8) is 0 Å². The quantitative estimate of drug-likeness (QED) is 0.0405. The number of hydrogen-bond acceptors (Lipinski definition) is 6. The molecule has 12 nitrogen and oxygen atoms in total. The Morgan fingerprint density at radius 1 is 0.750 bits per heavy atom. The fraction of sp³-hybridized carbons (Fsp3) is 0.375. The van der Waals surface area contributed by atoms with Gasteiger partial charge in [0.05, 0.1) is 28.5 Å². The Hall–Kier alpha value is -5.65. The molecule has 4 rings (SSSR count). The highest BCUT2D eigenvalue weighted by Gasteiger charge is 2.17. The van der Waals surface area contributed by atoms with Gasteiger partial charge in [0, 0.05) is 72.0 Å². The Bertz CT molecular complexity index is 1820. The second-order valence-electron chi connectivity index (χ2n) is 13.2. The van der Waals surface area contributed by atoms with E-state index in [1.807, 2.05) is 55.4 Å². The molecule has 0 aliphatic rings. The number of rotatable bonds is 19. The summed E-state index contributed by atoms with van der Waals surface area (Å²) in [5, 5.41) is 19.8. The highest BCUT2D eigenvalue weighted by atomic mass is 16.2. The Labute approximate surface area is 307 Å². The normalized spacial score (nSPS) is 11.0. The number of carbonyl (C=O) groups excluding carboxylic acids is 3. The lowest BCUT2D eigenvalue weighted by Crippen LogP contribution is -2.31. The number of anilines is 3. The molecular weight excluding hydrogens is 654 g/mol. The van der Waals surface area contributed by atoms with Crippen LogP contribution in [0.3, 0.4) is 0 Å². The van der Waals surface area contributed by atoms with Crippen LogP contribution in [0.1, 0.15) is 101 Å². The number of aryl methyl sites for hydroxylation is 2. The van der Waals surface area contributed by atoms with Gasteiger partial charge in [0.2, 0.25) is 0 Å². The van der Waals surface area contributed by atoms with Crippen LogP contribution in [0.2, 0.25) is 0 Å². The van der Waals surface area contributed by atoms with Crippen molar-refractivity contribution in [3.05, 3.63) is 95.3 Å². The number of nitrogens with one attached hydrogen (secondary N) is 5. The maximum absolute atomic E-state index is 13.2. The van der Waals surface area contributed by atoms with Crippen LogP contribution in [0.4, 0.5) is 17.1 Å². The first kappa shape index (κ1) is 39.1. The van der Waals surface area contributed by atoms with Gasteiger partial charge in [-0.25, -0.2) is 0 Å². The Balaban J connectivity index is 1.22. The predicted octanol–water partition coefficient (Wildman–Crippen LogP) is 6.94. The van der Waals surface area contributed by atoms with Crippen molar-refractivity contribution in [2.45, 2.75) is 58.3 Å². The first-order valence-electron chi connectivity index (χ1n) is 18.0. The van der Waals surface area contributed by atoms with Crippen LogP contribution in [-0.2, 0) is 14.1 Å². The second-order valence-corrected chi connectivity index (χ2v) is 13.2. The highest BCUT2D eigenvalue weighted by Crippen LogP contribution is 2.19. The molecule has 4 aromatic rings. The summed E-state index contributed by atoms with van der Waals surface area (Å²) < 4.78 is 3.26. The molecule has 0 aliphatic carbocycles. The van der Waals surface area contributed by atoms with Crippen LogP contribution in [0, 0.1) is 5.41 Å². The molecule has 0 aliphatic heterocycles. The van der Waals surface area contributed by atoms with E-state index in [0.29, 0.717) is 47.1 Å². The number of amides is 3. The average molecular weight is 708 g/mol. The molecule has 0 radical (unpaired) electrons. The third-order valence-corrected chi connectivity index (χ3v) is 8.67. The zero-order valence-electron chi connectivity index (χ0n) is 31.1. The lowest BCUT2D eigenvalue weighted by atomic mass is 10.1. The van der Waals surface area contributed by atoms with E-state index in [9.17, 15) is 14.4 Å². The van der Waals surface area contributed by atoms with E-state index < -0.39 is 5.91 Å². The molecule has 0 unspecified atom stereocenters. The second kappa shape index (κ2) is 19.7. The third-order valence-electron chi connectivity index (χ3n) is 8.67. The smallest absolute Gasteiger partial charge is 0.272 e. The van der Waals surface area contributed by atoms with Crippen molar-refractivity contribution in [1.82, 2.24) is 24.8 Å². The van der Waals surface area contributed by atoms with Crippen molar-refractivity contribution < 1.29 is 14.4 Å². The van der Waals surface area contributed by atoms with E-state index in [1.165, 1.54) is 38.3 Å². The van der Waals surface area contributed by atoms with Crippen LogP contribution in [0.15, 0.2) is 67.1 Å². The van der Waals surface area contributed by atoms with Crippen molar-refractivity contribution >= 4 is 52.8 Å². The zero-order valence-corrected chi connectivity index (χ0v) is 31.1. The topological polar surface area (TPSA) is 149 Å². The molecule has 1 aromatic carbocycles. The summed E-state index contributed by atoms with van der Waals surface area (Å²) in [6, 6.07) is 14.8. The maximum atomic E-state index is 13.2. The van der Waals surface area contributed by atoms with E-state index in [0.717, 1.165) is 36.3 Å². The number of amidine groups is 1. The summed E-state index contributed by atoms with van der Waals surface area (Å²) in [6.07, 6.45) is 17.7. The van der Waals surface area contributed by atoms with E-state index in [4.69, 9.17) is 5.41 Å². The van der Waals surface area contributed by atoms with Gasteiger partial charge in [-0.1, -0.05) is 63.7 Å². The van der Waals surface area contributed by atoms with Gasteiger partial charge in [0.1, 0.15) is 11.4 Å². The summed E-state index contributed by atoms with van der Waals surface area (Å²) >= 11 is 0. The van der Waals surface area contributed by atoms with Gasteiger partial charge in [-0.15, -0.1) is 0 Å². The molecular formula is C40H53N9O3. The van der Waals surface area contributed by atoms with Crippen LogP contribution in [0.5, 0.6) is 0 Å². The minimum Gasteiger partial charge on any atom is -0.378 e. The van der Waals surface area contributed by atoms with E-state index >= 15 is 0 Å². The molecule has 0 spiro atoms. The van der Waals surface area contributed by atoms with Gasteiger partial charge in [0.15, 0.2) is 0 Å². The summed E-state index contributed by atoms with van der Waals surface area (Å²) in [4.78, 5) is 45.4. The lowest BCUT2D eigenvalue weighted by molar-refractivity contribution is 0.0945. The zero-order chi connectivity index (χ0) is 37.5. The molecule has 0 bridgehead atoms. The molecule has 276 valence electrons. The fourth-order valence-electron chi connectivity index (χ4n) is 5.62. The maximum Gasteiger partial charge on any atom is 0.272 e. The third kappa shape index (κ3) is 12.0. The molecule has 0 saturated heterocycles. The minimum atomic E-state index is -0.393. The van der Waals surface area contributed by atoms with Crippen molar-refractivity contribution in [2.24, 2.45) is 14.1 Å². The van der Waals surface area contributed by atoms with Crippen molar-refractivity contribution in [1.29, 1.82) is 5.41 Å². The number of nitrogens with zero attached hydrogens (tertiary/aromatic N) is 4. The van der Waals surface area contributed by atoms with Gasteiger partial charge in [-0.2, -0.15) is 0 Å². The highest BCUT2D eigenvalue weighted by molar-refractivity contribution is 6.07. The molecule has 3 amide bonds. The summed E-state index contributed by atoms with van der Waals surface area (Å²) in [5.74, 6) is -0.627. The number of aromatic nitrogens is 3. The van der Waals surface area contributed by atoms with Crippen LogP contribution >= 0.6 is 0 Å². The lowest BCUT2D eigenvalue weighted by Gasteiger charge is -2.11. The first-order valence-corrected chi connectivity index (χ1v) is 18.0. The van der Waals surface area contributed by atoms with Crippen molar-refractivity contribution in [2.75, 3.05) is 42.7 Å². The van der Waals surface area contributed by atoms with Gasteiger partial charge in [-0.05, 0) is 54.5 Å². The molecule has 0 fully saturated rings. The average Bonchev–Trinajstić information content (AvgIpc) is 3.69. The molecule has 3 aromatic heterocycles. The Morgan fingerprint density at radius 3 is 1.98 bits per heavy atom. The van der Waals surface area contributed by atoms with E-state index in [1.54, 1.807) is 59.9 Å². The number of carbonyl (C=O) groups is 3. The molecule has 3 heterocycles. The van der Waals surface area contributed by atoms with Crippen LogP contribution < -0.4 is 26.2 Å². The summed E-state index contributed by atoms with van der Waals surface area (Å²) in [5.41, 5.74) is 4.89. The largest absolute Gasteiger partial charge is 0.378 e. The van der Waals surface area contributed by atoms with Gasteiger partial charge < -0.3 is 35.3 Å². The number of benzene rings is 1. The van der Waals surface area contributed by atoms with Crippen LogP contribution in [-0.4, -0.2) is 64.9 Å². The van der Waals surface area contributed by atoms with Gasteiger partial charge in [0.25, 0.3) is 17.7 Å². The SMILES string of the molecule is CCCCCCCCCNC(=N)CCNC(=O)c1cc(NC(=O)c2cc(NC(=O)c3ccc(/C=C/c4ccc(N(C)C)cc4)nc3)cn2C)cn1C. The standard InChI is InChI=1S/C40H53N9O3/c1-6-7-8-9-10-11-12-22-42-37(41)21-23-43-39(51)35-24-33(28-48(35)4)46-40(52)36-25-32(27-49(36)5)45-38(50)30-16-18-31(44-26-30)17-13-29-14-19-34(20-15-29)47(2)3/h13-20,24-28H,6-12,21-23H2,1-5H3,(H2,41,42)(H,43,51)(H,45,50)(H,46,52)/b17-13+. The van der Waals surface area contributed by atoms with Crippen molar-refractivity contribution in [3.8, 4) is 0 Å². The fourth-order valence-corrected chi connectivity index (χ4v) is 5.62. The summed E-state index contributed by atoms with van der Waals surface area (Å²) in [7, 11) is 7.44. The summed E-state index contributed by atoms with van der Waals surface area (Å²) in [6.45, 7) is 3.32. The minimum absolute atomic E-state index is 0.291.